The molecule has 0 saturated heterocycles. The third kappa shape index (κ3) is 3.33. The molecular formula is C17H17NO2. The standard InChI is InChI=1S/C17H17NO2/c1-12(2)14-7-9-16(10-8-14)20-17(19)15-5-3-13(11-18)4-6-15/h3-10H,1,11,18H2,2H3. The zero-order valence-electron chi connectivity index (χ0n) is 11.4. The number of hydrogen-bond acceptors (Lipinski definition) is 3. The molecule has 0 aromatic heterocycles. The van der Waals surface area contributed by atoms with Gasteiger partial charge < -0.3 is 10.5 Å². The quantitative estimate of drug-likeness (QED) is 0.682. The molecule has 0 fully saturated rings. The lowest BCUT2D eigenvalue weighted by atomic mass is 10.1. The van der Waals surface area contributed by atoms with Crippen LogP contribution in [0.3, 0.4) is 0 Å². The smallest absolute Gasteiger partial charge is 0.343 e. The highest BCUT2D eigenvalue weighted by atomic mass is 16.5. The van der Waals surface area contributed by atoms with E-state index in [4.69, 9.17) is 10.5 Å². The molecule has 3 heteroatoms. The first kappa shape index (κ1) is 14.0. The molecule has 0 amide bonds. The van der Waals surface area contributed by atoms with Gasteiger partial charge in [-0.3, -0.25) is 0 Å². The van der Waals surface area contributed by atoms with E-state index in [0.29, 0.717) is 17.9 Å². The summed E-state index contributed by atoms with van der Waals surface area (Å²) in [6.45, 7) is 6.25. The molecule has 0 heterocycles. The Morgan fingerprint density at radius 3 is 2.10 bits per heavy atom. The van der Waals surface area contributed by atoms with Crippen LogP contribution >= 0.6 is 0 Å². The molecule has 0 aliphatic heterocycles. The van der Waals surface area contributed by atoms with Gasteiger partial charge in [-0.05, 0) is 42.3 Å². The Hall–Kier alpha value is -2.39. The van der Waals surface area contributed by atoms with Gasteiger partial charge in [-0.2, -0.15) is 0 Å². The van der Waals surface area contributed by atoms with E-state index in [1.165, 1.54) is 0 Å². The van der Waals surface area contributed by atoms with Crippen LogP contribution in [0, 0.1) is 0 Å². The van der Waals surface area contributed by atoms with E-state index < -0.39 is 0 Å². The van der Waals surface area contributed by atoms with E-state index >= 15 is 0 Å². The average Bonchev–Trinajstić information content (AvgIpc) is 2.48. The van der Waals surface area contributed by atoms with Crippen LogP contribution in [0.15, 0.2) is 55.1 Å². The fourth-order valence-corrected chi connectivity index (χ4v) is 1.75. The van der Waals surface area contributed by atoms with E-state index in [0.717, 1.165) is 16.7 Å². The molecule has 0 radical (unpaired) electrons. The fourth-order valence-electron chi connectivity index (χ4n) is 1.75. The molecule has 2 aromatic carbocycles. The summed E-state index contributed by atoms with van der Waals surface area (Å²) in [5.41, 5.74) is 9.00. The summed E-state index contributed by atoms with van der Waals surface area (Å²) in [4.78, 5) is 12.0. The number of ether oxygens (including phenoxy) is 1. The molecular weight excluding hydrogens is 250 g/mol. The summed E-state index contributed by atoms with van der Waals surface area (Å²) in [6.07, 6.45) is 0. The van der Waals surface area contributed by atoms with Crippen molar-refractivity contribution in [2.24, 2.45) is 5.73 Å². The maximum atomic E-state index is 12.0. The number of nitrogens with two attached hydrogens (primary N) is 1. The monoisotopic (exact) mass is 267 g/mol. The number of carbonyl (C=O) groups excluding carboxylic acids is 1. The van der Waals surface area contributed by atoms with Crippen LogP contribution in [0.4, 0.5) is 0 Å². The maximum absolute atomic E-state index is 12.0. The predicted octanol–water partition coefficient (Wildman–Crippen LogP) is 3.40. The third-order valence-electron chi connectivity index (χ3n) is 2.98. The Labute approximate surface area is 118 Å². The molecule has 0 aliphatic carbocycles. The third-order valence-corrected chi connectivity index (χ3v) is 2.98. The van der Waals surface area contributed by atoms with E-state index in [2.05, 4.69) is 6.58 Å². The van der Waals surface area contributed by atoms with Crippen molar-refractivity contribution < 1.29 is 9.53 Å². The lowest BCUT2D eigenvalue weighted by Crippen LogP contribution is -2.08. The Kier molecular flexibility index (Phi) is 4.33. The number of carbonyl (C=O) groups is 1. The summed E-state index contributed by atoms with van der Waals surface area (Å²) in [7, 11) is 0. The van der Waals surface area contributed by atoms with E-state index in [-0.39, 0.29) is 5.97 Å². The van der Waals surface area contributed by atoms with Crippen molar-refractivity contribution >= 4 is 11.5 Å². The summed E-state index contributed by atoms with van der Waals surface area (Å²) < 4.78 is 5.31. The predicted molar refractivity (Wildman–Crippen MR) is 80.4 cm³/mol. The van der Waals surface area contributed by atoms with Crippen LogP contribution in [-0.4, -0.2) is 5.97 Å². The van der Waals surface area contributed by atoms with Crippen molar-refractivity contribution in [1.29, 1.82) is 0 Å². The van der Waals surface area contributed by atoms with Gasteiger partial charge in [0.15, 0.2) is 0 Å². The Balaban J connectivity index is 2.08. The summed E-state index contributed by atoms with van der Waals surface area (Å²) >= 11 is 0. The molecule has 0 spiro atoms. The zero-order chi connectivity index (χ0) is 14.5. The molecule has 0 atom stereocenters. The second-order valence-corrected chi connectivity index (χ2v) is 4.60. The van der Waals surface area contributed by atoms with Gasteiger partial charge in [0.05, 0.1) is 5.56 Å². The molecule has 2 aromatic rings. The van der Waals surface area contributed by atoms with Crippen LogP contribution < -0.4 is 10.5 Å². The maximum Gasteiger partial charge on any atom is 0.343 e. The average molecular weight is 267 g/mol. The van der Waals surface area contributed by atoms with Crippen LogP contribution in [0.2, 0.25) is 0 Å². The Morgan fingerprint density at radius 2 is 1.60 bits per heavy atom. The molecule has 3 nitrogen and oxygen atoms in total. The van der Waals surface area contributed by atoms with Crippen LogP contribution in [0.1, 0.15) is 28.4 Å². The van der Waals surface area contributed by atoms with Gasteiger partial charge in [0.1, 0.15) is 5.75 Å². The number of esters is 1. The van der Waals surface area contributed by atoms with Gasteiger partial charge >= 0.3 is 5.97 Å². The minimum Gasteiger partial charge on any atom is -0.423 e. The lowest BCUT2D eigenvalue weighted by molar-refractivity contribution is 0.0735. The first-order valence-electron chi connectivity index (χ1n) is 6.37. The van der Waals surface area contributed by atoms with Crippen LogP contribution in [0.25, 0.3) is 5.57 Å². The fraction of sp³-hybridized carbons (Fsp3) is 0.118. The first-order chi connectivity index (χ1) is 9.60. The highest BCUT2D eigenvalue weighted by Gasteiger charge is 2.08. The Bertz CT molecular complexity index is 612. The van der Waals surface area contributed by atoms with Gasteiger partial charge in [0, 0.05) is 6.54 Å². The zero-order valence-corrected chi connectivity index (χ0v) is 11.4. The largest absolute Gasteiger partial charge is 0.423 e. The van der Waals surface area contributed by atoms with Crippen molar-refractivity contribution in [3.63, 3.8) is 0 Å². The Morgan fingerprint density at radius 1 is 1.05 bits per heavy atom. The molecule has 0 bridgehead atoms. The van der Waals surface area contributed by atoms with E-state index in [1.807, 2.05) is 31.2 Å². The first-order valence-corrected chi connectivity index (χ1v) is 6.37. The molecule has 0 unspecified atom stereocenters. The number of allylic oxidation sites excluding steroid dienone is 1. The molecule has 102 valence electrons. The van der Waals surface area contributed by atoms with Crippen molar-refractivity contribution in [3.8, 4) is 5.75 Å². The number of hydrogen-bond donors (Lipinski definition) is 1. The van der Waals surface area contributed by atoms with E-state index in [9.17, 15) is 4.79 Å². The molecule has 2 N–H and O–H groups in total. The van der Waals surface area contributed by atoms with Crippen molar-refractivity contribution in [1.82, 2.24) is 0 Å². The summed E-state index contributed by atoms with van der Waals surface area (Å²) in [5.74, 6) is 0.138. The van der Waals surface area contributed by atoms with Gasteiger partial charge in [-0.15, -0.1) is 0 Å². The highest BCUT2D eigenvalue weighted by molar-refractivity contribution is 5.91. The normalized spacial score (nSPS) is 10.1. The molecule has 0 saturated carbocycles. The molecule has 2 rings (SSSR count). The van der Waals surface area contributed by atoms with Gasteiger partial charge in [-0.1, -0.05) is 36.4 Å². The van der Waals surface area contributed by atoms with Crippen molar-refractivity contribution in [2.75, 3.05) is 0 Å². The van der Waals surface area contributed by atoms with Crippen LogP contribution in [0.5, 0.6) is 5.75 Å². The SMILES string of the molecule is C=C(C)c1ccc(OC(=O)c2ccc(CN)cc2)cc1. The number of benzene rings is 2. The molecule has 0 aliphatic rings. The van der Waals surface area contributed by atoms with Gasteiger partial charge in [0.25, 0.3) is 0 Å². The minimum atomic E-state index is -0.378. The second kappa shape index (κ2) is 6.17. The number of rotatable bonds is 4. The van der Waals surface area contributed by atoms with Gasteiger partial charge in [0.2, 0.25) is 0 Å². The lowest BCUT2D eigenvalue weighted by Gasteiger charge is -2.06. The van der Waals surface area contributed by atoms with Crippen molar-refractivity contribution in [2.45, 2.75) is 13.5 Å². The minimum absolute atomic E-state index is 0.378. The summed E-state index contributed by atoms with van der Waals surface area (Å²) in [5, 5.41) is 0. The van der Waals surface area contributed by atoms with Crippen molar-refractivity contribution in [3.05, 3.63) is 71.8 Å². The second-order valence-electron chi connectivity index (χ2n) is 4.60. The van der Waals surface area contributed by atoms with Gasteiger partial charge in [-0.25, -0.2) is 4.79 Å². The summed E-state index contributed by atoms with van der Waals surface area (Å²) in [6, 6.07) is 14.3. The van der Waals surface area contributed by atoms with Crippen LogP contribution in [-0.2, 0) is 6.54 Å². The van der Waals surface area contributed by atoms with E-state index in [1.54, 1.807) is 24.3 Å². The molecule has 20 heavy (non-hydrogen) atoms. The highest BCUT2D eigenvalue weighted by Crippen LogP contribution is 2.18. The topological polar surface area (TPSA) is 52.3 Å².